The van der Waals surface area contributed by atoms with Crippen LogP contribution in [0.5, 0.6) is 0 Å². The first kappa shape index (κ1) is 16.0. The molecule has 0 heterocycles. The van der Waals surface area contributed by atoms with E-state index < -0.39 is 5.97 Å². The average molecular weight is 278 g/mol. The smallest absolute Gasteiger partial charge is 0.337 e. The van der Waals surface area contributed by atoms with Crippen LogP contribution < -0.4 is 5.32 Å². The first-order valence-electron chi connectivity index (χ1n) is 6.62. The molecular formula is C15H22N2O3. The highest BCUT2D eigenvalue weighted by Crippen LogP contribution is 2.21. The first-order chi connectivity index (χ1) is 9.25. The number of carbonyl (C=O) groups is 2. The van der Waals surface area contributed by atoms with Gasteiger partial charge in [0, 0.05) is 13.1 Å². The highest BCUT2D eigenvalue weighted by Gasteiger charge is 2.21. The van der Waals surface area contributed by atoms with Crippen molar-refractivity contribution in [1.29, 1.82) is 0 Å². The number of amides is 2. The van der Waals surface area contributed by atoms with Crippen molar-refractivity contribution in [3.8, 4) is 0 Å². The number of hydrogen-bond acceptors (Lipinski definition) is 2. The molecule has 2 amide bonds. The maximum absolute atomic E-state index is 12.2. The average Bonchev–Trinajstić information content (AvgIpc) is 2.38. The zero-order chi connectivity index (χ0) is 15.4. The predicted octanol–water partition coefficient (Wildman–Crippen LogP) is 3.20. The molecule has 0 aliphatic carbocycles. The van der Waals surface area contributed by atoms with Crippen LogP contribution in [0.4, 0.5) is 10.5 Å². The molecule has 1 aromatic carbocycles. The molecule has 0 aromatic heterocycles. The number of nitrogens with one attached hydrogen (secondary N) is 1. The van der Waals surface area contributed by atoms with Gasteiger partial charge in [-0.05, 0) is 31.4 Å². The van der Waals surface area contributed by atoms with E-state index in [9.17, 15) is 14.7 Å². The molecule has 1 unspecified atom stereocenters. The van der Waals surface area contributed by atoms with Crippen molar-refractivity contribution < 1.29 is 14.7 Å². The molecule has 0 bridgehead atoms. The number of rotatable bonds is 4. The molecular weight excluding hydrogens is 256 g/mol. The fourth-order valence-electron chi connectivity index (χ4n) is 1.84. The van der Waals surface area contributed by atoms with Gasteiger partial charge in [0.05, 0.1) is 11.3 Å². The van der Waals surface area contributed by atoms with Gasteiger partial charge in [-0.2, -0.15) is 0 Å². The van der Waals surface area contributed by atoms with Crippen molar-refractivity contribution in [2.75, 3.05) is 12.4 Å². The molecule has 0 radical (unpaired) electrons. The Bertz CT molecular complexity index is 512. The third-order valence-corrected chi connectivity index (χ3v) is 3.63. The number of urea groups is 1. The van der Waals surface area contributed by atoms with Crippen molar-refractivity contribution in [3.05, 3.63) is 29.3 Å². The monoisotopic (exact) mass is 278 g/mol. The van der Waals surface area contributed by atoms with E-state index >= 15 is 0 Å². The van der Waals surface area contributed by atoms with Gasteiger partial charge in [-0.25, -0.2) is 9.59 Å². The second kappa shape index (κ2) is 6.41. The van der Waals surface area contributed by atoms with E-state index in [0.717, 1.165) is 5.56 Å². The van der Waals surface area contributed by atoms with Crippen LogP contribution in [0.15, 0.2) is 18.2 Å². The third-order valence-electron chi connectivity index (χ3n) is 3.63. The Kier molecular flexibility index (Phi) is 5.13. The van der Waals surface area contributed by atoms with Crippen LogP contribution in [0, 0.1) is 12.8 Å². The fraction of sp³-hybridized carbons (Fsp3) is 0.467. The van der Waals surface area contributed by atoms with Crippen LogP contribution in [0.2, 0.25) is 0 Å². The van der Waals surface area contributed by atoms with E-state index in [1.54, 1.807) is 31.0 Å². The normalized spacial score (nSPS) is 12.1. The number of hydrogen-bond donors (Lipinski definition) is 2. The summed E-state index contributed by atoms with van der Waals surface area (Å²) in [5.41, 5.74) is 1.18. The van der Waals surface area contributed by atoms with E-state index in [1.807, 2.05) is 20.8 Å². The summed E-state index contributed by atoms with van der Waals surface area (Å²) in [6.07, 6.45) is 0. The Morgan fingerprint density at radius 2 is 1.85 bits per heavy atom. The van der Waals surface area contributed by atoms with Crippen LogP contribution in [0.3, 0.4) is 0 Å². The number of carboxylic acid groups (broad SMARTS) is 1. The van der Waals surface area contributed by atoms with Crippen LogP contribution in [-0.2, 0) is 0 Å². The molecule has 0 saturated carbocycles. The van der Waals surface area contributed by atoms with Gasteiger partial charge in [0.1, 0.15) is 0 Å². The number of aromatic carboxylic acids is 1. The van der Waals surface area contributed by atoms with Crippen molar-refractivity contribution in [3.63, 3.8) is 0 Å². The molecule has 110 valence electrons. The quantitative estimate of drug-likeness (QED) is 0.888. The van der Waals surface area contributed by atoms with E-state index in [-0.39, 0.29) is 17.6 Å². The van der Waals surface area contributed by atoms with Crippen LogP contribution >= 0.6 is 0 Å². The molecule has 1 atom stereocenters. The number of anilines is 1. The summed E-state index contributed by atoms with van der Waals surface area (Å²) in [5.74, 6) is -0.731. The zero-order valence-corrected chi connectivity index (χ0v) is 12.6. The Balaban J connectivity index is 2.99. The van der Waals surface area contributed by atoms with Gasteiger partial charge < -0.3 is 15.3 Å². The van der Waals surface area contributed by atoms with Crippen LogP contribution in [-0.4, -0.2) is 35.1 Å². The van der Waals surface area contributed by atoms with Crippen molar-refractivity contribution in [1.82, 2.24) is 4.90 Å². The minimum Gasteiger partial charge on any atom is -0.478 e. The molecule has 1 aromatic rings. The summed E-state index contributed by atoms with van der Waals surface area (Å²) < 4.78 is 0. The maximum atomic E-state index is 12.2. The summed E-state index contributed by atoms with van der Waals surface area (Å²) in [6.45, 7) is 7.80. The lowest BCUT2D eigenvalue weighted by Crippen LogP contribution is -2.41. The lowest BCUT2D eigenvalue weighted by Gasteiger charge is -2.28. The topological polar surface area (TPSA) is 69.6 Å². The van der Waals surface area contributed by atoms with Gasteiger partial charge in [0.25, 0.3) is 0 Å². The second-order valence-electron chi connectivity index (χ2n) is 5.33. The molecule has 5 heteroatoms. The minimum atomic E-state index is -1.05. The van der Waals surface area contributed by atoms with Gasteiger partial charge in [0.2, 0.25) is 0 Å². The Morgan fingerprint density at radius 1 is 1.25 bits per heavy atom. The van der Waals surface area contributed by atoms with Crippen molar-refractivity contribution in [2.45, 2.75) is 33.7 Å². The number of carbonyl (C=O) groups excluding carboxylic acids is 1. The molecule has 0 fully saturated rings. The van der Waals surface area contributed by atoms with Gasteiger partial charge in [-0.3, -0.25) is 0 Å². The van der Waals surface area contributed by atoms with Crippen molar-refractivity contribution in [2.24, 2.45) is 5.92 Å². The number of para-hydroxylation sites is 1. The van der Waals surface area contributed by atoms with E-state index in [4.69, 9.17) is 0 Å². The van der Waals surface area contributed by atoms with E-state index in [1.165, 1.54) is 6.07 Å². The highest BCUT2D eigenvalue weighted by molar-refractivity contribution is 6.01. The van der Waals surface area contributed by atoms with Gasteiger partial charge in [-0.15, -0.1) is 0 Å². The largest absolute Gasteiger partial charge is 0.478 e. The summed E-state index contributed by atoms with van der Waals surface area (Å²) >= 11 is 0. The molecule has 0 aliphatic rings. The van der Waals surface area contributed by atoms with Gasteiger partial charge >= 0.3 is 12.0 Å². The SMILES string of the molecule is Cc1cccc(C(=O)O)c1NC(=O)N(C)C(C)C(C)C. The maximum Gasteiger partial charge on any atom is 0.337 e. The number of nitrogens with zero attached hydrogens (tertiary/aromatic N) is 1. The fourth-order valence-corrected chi connectivity index (χ4v) is 1.84. The minimum absolute atomic E-state index is 0.0623. The van der Waals surface area contributed by atoms with Crippen LogP contribution in [0.25, 0.3) is 0 Å². The Labute approximate surface area is 119 Å². The van der Waals surface area contributed by atoms with E-state index in [0.29, 0.717) is 11.6 Å². The molecule has 0 aliphatic heterocycles. The predicted molar refractivity (Wildman–Crippen MR) is 79.2 cm³/mol. The molecule has 1 rings (SSSR count). The Hall–Kier alpha value is -2.04. The van der Waals surface area contributed by atoms with Gasteiger partial charge in [-0.1, -0.05) is 26.0 Å². The third kappa shape index (κ3) is 3.50. The Morgan fingerprint density at radius 3 is 2.35 bits per heavy atom. The van der Waals surface area contributed by atoms with Crippen LogP contribution in [0.1, 0.15) is 36.7 Å². The number of carboxylic acids is 1. The summed E-state index contributed by atoms with van der Waals surface area (Å²) in [7, 11) is 1.71. The zero-order valence-electron chi connectivity index (χ0n) is 12.6. The summed E-state index contributed by atoms with van der Waals surface area (Å²) in [5, 5.41) is 11.9. The van der Waals surface area contributed by atoms with E-state index in [2.05, 4.69) is 5.32 Å². The molecule has 20 heavy (non-hydrogen) atoms. The standard InChI is InChI=1S/C15H22N2O3/c1-9(2)11(4)17(5)15(20)16-13-10(3)7-6-8-12(13)14(18)19/h6-9,11H,1-5H3,(H,16,20)(H,18,19). The molecule has 2 N–H and O–H groups in total. The lowest BCUT2D eigenvalue weighted by molar-refractivity contribution is 0.0698. The summed E-state index contributed by atoms with van der Waals surface area (Å²) in [6, 6.07) is 4.68. The first-order valence-corrected chi connectivity index (χ1v) is 6.62. The van der Waals surface area contributed by atoms with Gasteiger partial charge in [0.15, 0.2) is 0 Å². The molecule has 0 saturated heterocycles. The lowest BCUT2D eigenvalue weighted by atomic mass is 10.1. The second-order valence-corrected chi connectivity index (χ2v) is 5.33. The van der Waals surface area contributed by atoms with Crippen molar-refractivity contribution >= 4 is 17.7 Å². The molecule has 5 nitrogen and oxygen atoms in total. The highest BCUT2D eigenvalue weighted by atomic mass is 16.4. The summed E-state index contributed by atoms with van der Waals surface area (Å²) in [4.78, 5) is 25.0. The number of benzene rings is 1. The number of aryl methyl sites for hydroxylation is 1. The molecule has 0 spiro atoms.